The first-order chi connectivity index (χ1) is 7.77. The smallest absolute Gasteiger partial charge is 0.145 e. The predicted octanol–water partition coefficient (Wildman–Crippen LogP) is 3.55. The van der Waals surface area contributed by atoms with Crippen LogP contribution in [0.3, 0.4) is 0 Å². The quantitative estimate of drug-likeness (QED) is 0.835. The molecule has 1 aromatic carbocycles. The van der Waals surface area contributed by atoms with Gasteiger partial charge in [0, 0.05) is 6.04 Å². The maximum atomic E-state index is 13.7. The van der Waals surface area contributed by atoms with Gasteiger partial charge in [-0.2, -0.15) is 0 Å². The maximum absolute atomic E-state index is 13.7. The van der Waals surface area contributed by atoms with Gasteiger partial charge in [0.2, 0.25) is 0 Å². The van der Waals surface area contributed by atoms with Crippen LogP contribution in [0.4, 0.5) is 4.39 Å². The number of hydrogen-bond acceptors (Lipinski definition) is 1. The number of halogens is 2. The molecule has 1 heterocycles. The van der Waals surface area contributed by atoms with Crippen molar-refractivity contribution in [1.82, 2.24) is 5.32 Å². The highest BCUT2D eigenvalue weighted by atomic mass is 35.5. The van der Waals surface area contributed by atoms with E-state index in [1.54, 1.807) is 6.07 Å². The molecule has 1 aliphatic rings. The molecule has 0 amide bonds. The van der Waals surface area contributed by atoms with Crippen LogP contribution in [0.1, 0.15) is 31.2 Å². The van der Waals surface area contributed by atoms with E-state index in [2.05, 4.69) is 5.32 Å². The first kappa shape index (κ1) is 11.9. The minimum absolute atomic E-state index is 0.228. The maximum Gasteiger partial charge on any atom is 0.145 e. The lowest BCUT2D eigenvalue weighted by molar-refractivity contribution is 0.494. The van der Waals surface area contributed by atoms with Crippen LogP contribution in [0.5, 0.6) is 0 Å². The minimum Gasteiger partial charge on any atom is -0.314 e. The minimum atomic E-state index is -0.254. The van der Waals surface area contributed by atoms with E-state index < -0.39 is 0 Å². The Hall–Kier alpha value is -0.600. The molecule has 88 valence electrons. The summed E-state index contributed by atoms with van der Waals surface area (Å²) in [5.41, 5.74) is 0.729. The molecule has 0 saturated carbocycles. The molecule has 0 radical (unpaired) electrons. The van der Waals surface area contributed by atoms with E-state index in [1.165, 1.54) is 19.3 Å². The third-order valence-electron chi connectivity index (χ3n) is 3.16. The largest absolute Gasteiger partial charge is 0.314 e. The molecule has 1 atom stereocenters. The SMILES string of the molecule is Fc1c(Cl)cccc1CC1CCCCCN1. The summed E-state index contributed by atoms with van der Waals surface area (Å²) < 4.78 is 13.7. The monoisotopic (exact) mass is 241 g/mol. The van der Waals surface area contributed by atoms with Crippen molar-refractivity contribution in [2.24, 2.45) is 0 Å². The number of rotatable bonds is 2. The van der Waals surface area contributed by atoms with E-state index >= 15 is 0 Å². The van der Waals surface area contributed by atoms with Crippen molar-refractivity contribution in [3.8, 4) is 0 Å². The Bertz CT molecular complexity index is 346. The van der Waals surface area contributed by atoms with Crippen LogP contribution in [-0.4, -0.2) is 12.6 Å². The van der Waals surface area contributed by atoms with Gasteiger partial charge in [-0.3, -0.25) is 0 Å². The van der Waals surface area contributed by atoms with Crippen molar-refractivity contribution >= 4 is 11.6 Å². The standard InChI is InChI=1S/C13H17ClFN/c14-12-7-4-5-10(13(12)15)9-11-6-2-1-3-8-16-11/h4-5,7,11,16H,1-3,6,8-9H2. The van der Waals surface area contributed by atoms with Crippen LogP contribution >= 0.6 is 11.6 Å². The van der Waals surface area contributed by atoms with Gasteiger partial charge in [-0.05, 0) is 37.4 Å². The van der Waals surface area contributed by atoms with Crippen LogP contribution in [0.2, 0.25) is 5.02 Å². The average Bonchev–Trinajstić information content (AvgIpc) is 2.53. The lowest BCUT2D eigenvalue weighted by Crippen LogP contribution is -2.30. The second kappa shape index (κ2) is 5.65. The molecule has 2 rings (SSSR count). The average molecular weight is 242 g/mol. The molecule has 1 saturated heterocycles. The molecule has 1 unspecified atom stereocenters. The zero-order chi connectivity index (χ0) is 11.4. The summed E-state index contributed by atoms with van der Waals surface area (Å²) in [4.78, 5) is 0. The summed E-state index contributed by atoms with van der Waals surface area (Å²) in [5, 5.41) is 3.69. The van der Waals surface area contributed by atoms with Gasteiger partial charge in [0.1, 0.15) is 5.82 Å². The zero-order valence-electron chi connectivity index (χ0n) is 9.31. The molecular formula is C13H17ClFN. The highest BCUT2D eigenvalue weighted by molar-refractivity contribution is 6.30. The molecule has 1 fully saturated rings. The van der Waals surface area contributed by atoms with Gasteiger partial charge < -0.3 is 5.32 Å². The first-order valence-corrected chi connectivity index (χ1v) is 6.31. The van der Waals surface area contributed by atoms with Gasteiger partial charge in [-0.25, -0.2) is 4.39 Å². The van der Waals surface area contributed by atoms with Crippen LogP contribution < -0.4 is 5.32 Å². The fourth-order valence-corrected chi connectivity index (χ4v) is 2.44. The summed E-state index contributed by atoms with van der Waals surface area (Å²) in [5.74, 6) is -0.254. The van der Waals surface area contributed by atoms with E-state index in [0.29, 0.717) is 6.04 Å². The molecule has 0 bridgehead atoms. The Balaban J connectivity index is 2.04. The van der Waals surface area contributed by atoms with Crippen LogP contribution in [0, 0.1) is 5.82 Å². The molecule has 0 aromatic heterocycles. The van der Waals surface area contributed by atoms with E-state index in [9.17, 15) is 4.39 Å². The van der Waals surface area contributed by atoms with E-state index in [1.807, 2.05) is 12.1 Å². The highest BCUT2D eigenvalue weighted by Gasteiger charge is 2.15. The Morgan fingerprint density at radius 3 is 3.06 bits per heavy atom. The van der Waals surface area contributed by atoms with Gasteiger partial charge in [0.25, 0.3) is 0 Å². The van der Waals surface area contributed by atoms with Crippen molar-refractivity contribution in [1.29, 1.82) is 0 Å². The van der Waals surface area contributed by atoms with Crippen LogP contribution in [0.15, 0.2) is 18.2 Å². The van der Waals surface area contributed by atoms with Gasteiger partial charge in [-0.15, -0.1) is 0 Å². The topological polar surface area (TPSA) is 12.0 Å². The Labute approximate surface area is 101 Å². The molecule has 1 nitrogen and oxygen atoms in total. The third-order valence-corrected chi connectivity index (χ3v) is 3.45. The highest BCUT2D eigenvalue weighted by Crippen LogP contribution is 2.21. The molecule has 0 aliphatic carbocycles. The van der Waals surface area contributed by atoms with Crippen LogP contribution in [-0.2, 0) is 6.42 Å². The number of nitrogens with one attached hydrogen (secondary N) is 1. The predicted molar refractivity (Wildman–Crippen MR) is 65.4 cm³/mol. The van der Waals surface area contributed by atoms with E-state index in [4.69, 9.17) is 11.6 Å². The van der Waals surface area contributed by atoms with Gasteiger partial charge >= 0.3 is 0 Å². The molecule has 1 N–H and O–H groups in total. The second-order valence-electron chi connectivity index (χ2n) is 4.42. The van der Waals surface area contributed by atoms with Crippen LogP contribution in [0.25, 0.3) is 0 Å². The molecular weight excluding hydrogens is 225 g/mol. The first-order valence-electron chi connectivity index (χ1n) is 5.93. The van der Waals surface area contributed by atoms with Crippen molar-refractivity contribution in [3.05, 3.63) is 34.6 Å². The molecule has 16 heavy (non-hydrogen) atoms. The fraction of sp³-hybridized carbons (Fsp3) is 0.538. The van der Waals surface area contributed by atoms with Gasteiger partial charge in [-0.1, -0.05) is 36.6 Å². The summed E-state index contributed by atoms with van der Waals surface area (Å²) in [6.45, 7) is 1.05. The Morgan fingerprint density at radius 1 is 1.31 bits per heavy atom. The van der Waals surface area contributed by atoms with Gasteiger partial charge in [0.05, 0.1) is 5.02 Å². The van der Waals surface area contributed by atoms with Gasteiger partial charge in [0.15, 0.2) is 0 Å². The normalized spacial score (nSPS) is 21.8. The summed E-state index contributed by atoms with van der Waals surface area (Å²) in [6, 6.07) is 5.64. The zero-order valence-corrected chi connectivity index (χ0v) is 10.1. The fourth-order valence-electron chi connectivity index (χ4n) is 2.25. The molecule has 1 aromatic rings. The summed E-state index contributed by atoms with van der Waals surface area (Å²) >= 11 is 5.77. The lowest BCUT2D eigenvalue weighted by atomic mass is 10.0. The second-order valence-corrected chi connectivity index (χ2v) is 4.82. The molecule has 0 spiro atoms. The number of hydrogen-bond donors (Lipinski definition) is 1. The van der Waals surface area contributed by atoms with Crippen molar-refractivity contribution in [2.45, 2.75) is 38.1 Å². The van der Waals surface area contributed by atoms with Crippen molar-refractivity contribution in [2.75, 3.05) is 6.54 Å². The summed E-state index contributed by atoms with van der Waals surface area (Å²) in [7, 11) is 0. The summed E-state index contributed by atoms with van der Waals surface area (Å²) in [6.07, 6.45) is 5.62. The van der Waals surface area contributed by atoms with Crippen molar-refractivity contribution in [3.63, 3.8) is 0 Å². The Morgan fingerprint density at radius 2 is 2.19 bits per heavy atom. The third kappa shape index (κ3) is 2.96. The van der Waals surface area contributed by atoms with E-state index in [-0.39, 0.29) is 10.8 Å². The lowest BCUT2D eigenvalue weighted by Gasteiger charge is -2.16. The van der Waals surface area contributed by atoms with E-state index in [0.717, 1.165) is 24.9 Å². The molecule has 3 heteroatoms. The molecule has 1 aliphatic heterocycles. The number of benzene rings is 1. The van der Waals surface area contributed by atoms with Crippen molar-refractivity contribution < 1.29 is 4.39 Å². The Kier molecular flexibility index (Phi) is 4.19.